The Kier molecular flexibility index (Phi) is 4.12. The van der Waals surface area contributed by atoms with Crippen LogP contribution in [0.4, 0.5) is 5.95 Å². The highest BCUT2D eigenvalue weighted by atomic mass is 16.3. The molecule has 0 bridgehead atoms. The van der Waals surface area contributed by atoms with Crippen LogP contribution in [0, 0.1) is 11.3 Å². The normalized spacial score (nSPS) is 17.6. The zero-order chi connectivity index (χ0) is 17.2. The number of anilines is 1. The molecule has 0 radical (unpaired) electrons. The number of aliphatic hydroxyl groups excluding tert-OH is 1. The van der Waals surface area contributed by atoms with Crippen LogP contribution in [0.3, 0.4) is 0 Å². The molecule has 0 unspecified atom stereocenters. The Labute approximate surface area is 146 Å². The predicted octanol–water partition coefficient (Wildman–Crippen LogP) is 2.92. The molecule has 1 N–H and O–H groups in total. The summed E-state index contributed by atoms with van der Waals surface area (Å²) in [6.07, 6.45) is 1.53. The molecule has 3 aromatic rings. The average Bonchev–Trinajstić information content (AvgIpc) is 3.01. The lowest BCUT2D eigenvalue weighted by molar-refractivity contribution is 0.153. The van der Waals surface area contributed by atoms with Gasteiger partial charge in [0.1, 0.15) is 0 Å². The third-order valence-electron chi connectivity index (χ3n) is 4.74. The lowest BCUT2D eigenvalue weighted by Crippen LogP contribution is -2.39. The molecule has 1 aliphatic rings. The van der Waals surface area contributed by atoms with Crippen molar-refractivity contribution >= 4 is 17.0 Å². The number of hydrogen-bond donors (Lipinski definition) is 1. The SMILES string of the molecule is N#Cc1ccc(Cn2c(N3CCC[C@H](O)C3)nc3ccccc32)cc1. The van der Waals surface area contributed by atoms with Gasteiger partial charge in [0.15, 0.2) is 0 Å². The molecular weight excluding hydrogens is 312 g/mol. The van der Waals surface area contributed by atoms with E-state index < -0.39 is 0 Å². The van der Waals surface area contributed by atoms with Crippen molar-refractivity contribution in [2.45, 2.75) is 25.5 Å². The Hall–Kier alpha value is -2.84. The fourth-order valence-corrected chi connectivity index (χ4v) is 3.46. The lowest BCUT2D eigenvalue weighted by atomic mass is 10.1. The summed E-state index contributed by atoms with van der Waals surface area (Å²) >= 11 is 0. The standard InChI is InChI=1S/C20H20N4O/c21-12-15-7-9-16(10-8-15)13-24-19-6-2-1-5-18(19)22-20(24)23-11-3-4-17(25)14-23/h1-2,5-10,17,25H,3-4,11,13-14H2/t17-/m0/s1. The summed E-state index contributed by atoms with van der Waals surface area (Å²) < 4.78 is 2.20. The van der Waals surface area contributed by atoms with E-state index in [-0.39, 0.29) is 6.10 Å². The molecule has 2 heterocycles. The molecule has 5 heteroatoms. The Morgan fingerprint density at radius 3 is 2.72 bits per heavy atom. The second-order valence-corrected chi connectivity index (χ2v) is 6.54. The first-order valence-corrected chi connectivity index (χ1v) is 8.62. The van der Waals surface area contributed by atoms with E-state index in [1.54, 1.807) is 0 Å². The fourth-order valence-electron chi connectivity index (χ4n) is 3.46. The third-order valence-corrected chi connectivity index (χ3v) is 4.74. The molecule has 25 heavy (non-hydrogen) atoms. The van der Waals surface area contributed by atoms with Crippen LogP contribution in [0.25, 0.3) is 11.0 Å². The highest BCUT2D eigenvalue weighted by molar-refractivity contribution is 5.79. The number of nitrogens with zero attached hydrogens (tertiary/aromatic N) is 4. The van der Waals surface area contributed by atoms with Gasteiger partial charge in [-0.25, -0.2) is 4.98 Å². The Morgan fingerprint density at radius 2 is 1.96 bits per heavy atom. The first kappa shape index (κ1) is 15.7. The maximum absolute atomic E-state index is 10.0. The number of β-amino-alcohol motifs (C(OH)–C–C–N with tert-alkyl or cyclic N) is 1. The van der Waals surface area contributed by atoms with E-state index >= 15 is 0 Å². The van der Waals surface area contributed by atoms with Crippen molar-refractivity contribution in [3.8, 4) is 6.07 Å². The van der Waals surface area contributed by atoms with Crippen LogP contribution < -0.4 is 4.90 Å². The monoisotopic (exact) mass is 332 g/mol. The van der Waals surface area contributed by atoms with Crippen molar-refractivity contribution < 1.29 is 5.11 Å². The van der Waals surface area contributed by atoms with Crippen LogP contribution >= 0.6 is 0 Å². The van der Waals surface area contributed by atoms with Gasteiger partial charge >= 0.3 is 0 Å². The van der Waals surface area contributed by atoms with E-state index in [0.717, 1.165) is 41.9 Å². The van der Waals surface area contributed by atoms with Gasteiger partial charge in [0.05, 0.1) is 35.3 Å². The van der Waals surface area contributed by atoms with Gasteiger partial charge in [0, 0.05) is 13.1 Å². The average molecular weight is 332 g/mol. The molecule has 1 aromatic heterocycles. The molecule has 1 atom stereocenters. The number of hydrogen-bond acceptors (Lipinski definition) is 4. The second-order valence-electron chi connectivity index (χ2n) is 6.54. The number of nitriles is 1. The van der Waals surface area contributed by atoms with Crippen molar-refractivity contribution in [1.82, 2.24) is 9.55 Å². The van der Waals surface area contributed by atoms with Crippen molar-refractivity contribution in [2.75, 3.05) is 18.0 Å². The van der Waals surface area contributed by atoms with Crippen molar-refractivity contribution in [3.05, 3.63) is 59.7 Å². The van der Waals surface area contributed by atoms with E-state index in [9.17, 15) is 5.11 Å². The largest absolute Gasteiger partial charge is 0.391 e. The molecule has 0 saturated carbocycles. The number of aliphatic hydroxyl groups is 1. The summed E-state index contributed by atoms with van der Waals surface area (Å²) in [6, 6.07) is 17.9. The summed E-state index contributed by atoms with van der Waals surface area (Å²) in [7, 11) is 0. The van der Waals surface area contributed by atoms with Gasteiger partial charge < -0.3 is 14.6 Å². The summed E-state index contributed by atoms with van der Waals surface area (Å²) in [5.74, 6) is 0.907. The number of benzene rings is 2. The molecule has 126 valence electrons. The molecule has 0 aliphatic carbocycles. The maximum Gasteiger partial charge on any atom is 0.206 e. The maximum atomic E-state index is 10.0. The third kappa shape index (κ3) is 3.09. The zero-order valence-electron chi connectivity index (χ0n) is 14.0. The molecule has 1 aliphatic heterocycles. The minimum Gasteiger partial charge on any atom is -0.391 e. The Morgan fingerprint density at radius 1 is 1.16 bits per heavy atom. The minimum atomic E-state index is -0.295. The fraction of sp³-hybridized carbons (Fsp3) is 0.300. The molecule has 4 rings (SSSR count). The predicted molar refractivity (Wildman–Crippen MR) is 97.4 cm³/mol. The molecule has 0 spiro atoms. The van der Waals surface area contributed by atoms with Gasteiger partial charge in [-0.05, 0) is 42.7 Å². The smallest absolute Gasteiger partial charge is 0.206 e. The molecule has 0 amide bonds. The van der Waals surface area contributed by atoms with Crippen molar-refractivity contribution in [1.29, 1.82) is 5.26 Å². The number of piperidine rings is 1. The van der Waals surface area contributed by atoms with Crippen molar-refractivity contribution in [3.63, 3.8) is 0 Å². The van der Waals surface area contributed by atoms with Gasteiger partial charge in [-0.3, -0.25) is 0 Å². The molecule has 5 nitrogen and oxygen atoms in total. The second kappa shape index (κ2) is 6.58. The Balaban J connectivity index is 1.74. The molecular formula is C20H20N4O. The summed E-state index contributed by atoms with van der Waals surface area (Å²) in [5.41, 5.74) is 3.84. The van der Waals surface area contributed by atoms with Gasteiger partial charge in [0.25, 0.3) is 0 Å². The van der Waals surface area contributed by atoms with E-state index in [4.69, 9.17) is 10.2 Å². The van der Waals surface area contributed by atoms with Gasteiger partial charge in [0.2, 0.25) is 5.95 Å². The number of imidazole rings is 1. The highest BCUT2D eigenvalue weighted by Crippen LogP contribution is 2.26. The number of fused-ring (bicyclic) bond motifs is 1. The first-order chi connectivity index (χ1) is 12.2. The molecule has 1 fully saturated rings. The first-order valence-electron chi connectivity index (χ1n) is 8.62. The zero-order valence-corrected chi connectivity index (χ0v) is 14.0. The van der Waals surface area contributed by atoms with E-state index in [2.05, 4.69) is 21.6 Å². The number of rotatable bonds is 3. The number of para-hydroxylation sites is 2. The van der Waals surface area contributed by atoms with Crippen LogP contribution in [0.5, 0.6) is 0 Å². The molecule has 1 saturated heterocycles. The van der Waals surface area contributed by atoms with Crippen LogP contribution in [0.15, 0.2) is 48.5 Å². The van der Waals surface area contributed by atoms with Crippen LogP contribution in [0.2, 0.25) is 0 Å². The summed E-state index contributed by atoms with van der Waals surface area (Å²) in [6.45, 7) is 2.22. The van der Waals surface area contributed by atoms with E-state index in [0.29, 0.717) is 18.7 Å². The molecule has 2 aromatic carbocycles. The lowest BCUT2D eigenvalue weighted by Gasteiger charge is -2.31. The quantitative estimate of drug-likeness (QED) is 0.801. The van der Waals surface area contributed by atoms with E-state index in [1.807, 2.05) is 42.5 Å². The minimum absolute atomic E-state index is 0.295. The number of aromatic nitrogens is 2. The van der Waals surface area contributed by atoms with Crippen LogP contribution in [-0.4, -0.2) is 33.9 Å². The van der Waals surface area contributed by atoms with Gasteiger partial charge in [-0.15, -0.1) is 0 Å². The van der Waals surface area contributed by atoms with Gasteiger partial charge in [-0.1, -0.05) is 24.3 Å². The van der Waals surface area contributed by atoms with E-state index in [1.165, 1.54) is 0 Å². The highest BCUT2D eigenvalue weighted by Gasteiger charge is 2.23. The Bertz CT molecular complexity index is 923. The van der Waals surface area contributed by atoms with Crippen LogP contribution in [0.1, 0.15) is 24.0 Å². The van der Waals surface area contributed by atoms with Gasteiger partial charge in [-0.2, -0.15) is 5.26 Å². The van der Waals surface area contributed by atoms with Crippen molar-refractivity contribution in [2.24, 2.45) is 0 Å². The summed E-state index contributed by atoms with van der Waals surface area (Å²) in [4.78, 5) is 7.00. The summed E-state index contributed by atoms with van der Waals surface area (Å²) in [5, 5.41) is 19.0. The van der Waals surface area contributed by atoms with Crippen LogP contribution in [-0.2, 0) is 6.54 Å². The topological polar surface area (TPSA) is 65.1 Å².